The molecule has 1 fully saturated rings. The molecule has 3 N–H and O–H groups in total. The van der Waals surface area contributed by atoms with E-state index in [4.69, 9.17) is 0 Å². The van der Waals surface area contributed by atoms with Crippen LogP contribution in [0.15, 0.2) is 28.9 Å². The van der Waals surface area contributed by atoms with Crippen molar-refractivity contribution in [3.63, 3.8) is 0 Å². The minimum atomic E-state index is -0.142. The molecule has 0 spiro atoms. The second-order valence-corrected chi connectivity index (χ2v) is 8.75. The van der Waals surface area contributed by atoms with Crippen LogP contribution in [-0.2, 0) is 0 Å². The third kappa shape index (κ3) is 5.82. The van der Waals surface area contributed by atoms with E-state index in [-0.39, 0.29) is 12.1 Å². The van der Waals surface area contributed by atoms with Gasteiger partial charge in [0.05, 0.1) is 0 Å². The molecule has 2 aromatic rings. The van der Waals surface area contributed by atoms with Crippen LogP contribution >= 0.6 is 15.9 Å². The zero-order valence-electron chi connectivity index (χ0n) is 17.4. The molecule has 0 aliphatic heterocycles. The van der Waals surface area contributed by atoms with Crippen LogP contribution in [0.4, 0.5) is 22.2 Å². The summed E-state index contributed by atoms with van der Waals surface area (Å²) in [5, 5.41) is 9.56. The summed E-state index contributed by atoms with van der Waals surface area (Å²) in [4.78, 5) is 23.3. The van der Waals surface area contributed by atoms with E-state index >= 15 is 0 Å². The van der Waals surface area contributed by atoms with Gasteiger partial charge < -0.3 is 20.9 Å². The monoisotopic (exact) mass is 460 g/mol. The maximum atomic E-state index is 12.5. The molecular weight excluding hydrogens is 432 g/mol. The van der Waals surface area contributed by atoms with Crippen LogP contribution in [0, 0.1) is 13.8 Å². The van der Waals surface area contributed by atoms with E-state index in [0.29, 0.717) is 12.0 Å². The van der Waals surface area contributed by atoms with Gasteiger partial charge >= 0.3 is 6.03 Å². The highest BCUT2D eigenvalue weighted by Gasteiger charge is 2.23. The molecule has 1 aromatic heterocycles. The highest BCUT2D eigenvalue weighted by Crippen LogP contribution is 2.26. The van der Waals surface area contributed by atoms with Crippen molar-refractivity contribution in [1.82, 2.24) is 15.3 Å². The molecule has 2 amide bonds. The highest BCUT2D eigenvalue weighted by atomic mass is 79.9. The number of carbonyl (C=O) groups is 1. The van der Waals surface area contributed by atoms with Crippen molar-refractivity contribution in [3.8, 4) is 0 Å². The number of halogens is 1. The van der Waals surface area contributed by atoms with Crippen molar-refractivity contribution in [2.24, 2.45) is 0 Å². The Labute approximate surface area is 180 Å². The molecule has 1 aromatic carbocycles. The fraction of sp³-hybridized carbons (Fsp3) is 0.476. The normalized spacial score (nSPS) is 18.8. The molecule has 156 valence electrons. The molecule has 0 radical (unpaired) electrons. The number of anilines is 3. The van der Waals surface area contributed by atoms with Gasteiger partial charge in [0, 0.05) is 42.5 Å². The van der Waals surface area contributed by atoms with Gasteiger partial charge in [-0.15, -0.1) is 0 Å². The maximum absolute atomic E-state index is 12.5. The quantitative estimate of drug-likeness (QED) is 0.612. The largest absolute Gasteiger partial charge is 0.363 e. The Balaban J connectivity index is 1.48. The molecule has 1 aliphatic rings. The lowest BCUT2D eigenvalue weighted by atomic mass is 9.91. The lowest BCUT2D eigenvalue weighted by molar-refractivity contribution is 0.243. The van der Waals surface area contributed by atoms with Gasteiger partial charge in [-0.05, 0) is 68.9 Å². The maximum Gasteiger partial charge on any atom is 0.319 e. The van der Waals surface area contributed by atoms with E-state index in [2.05, 4.69) is 41.8 Å². The molecular formula is C21H29BrN6O. The molecule has 3 rings (SSSR count). The molecule has 7 nitrogen and oxygen atoms in total. The number of amides is 2. The van der Waals surface area contributed by atoms with E-state index in [1.165, 1.54) is 0 Å². The number of urea groups is 1. The number of hydrogen-bond donors (Lipinski definition) is 3. The van der Waals surface area contributed by atoms with Gasteiger partial charge in [0.1, 0.15) is 5.82 Å². The lowest BCUT2D eigenvalue weighted by Gasteiger charge is -2.30. The highest BCUT2D eigenvalue weighted by molar-refractivity contribution is 9.10. The van der Waals surface area contributed by atoms with Gasteiger partial charge in [0.15, 0.2) is 0 Å². The van der Waals surface area contributed by atoms with E-state index in [0.717, 1.165) is 52.8 Å². The van der Waals surface area contributed by atoms with Gasteiger partial charge in [-0.2, -0.15) is 4.98 Å². The van der Waals surface area contributed by atoms with Gasteiger partial charge in [0.25, 0.3) is 0 Å². The van der Waals surface area contributed by atoms with Crippen LogP contribution in [0.1, 0.15) is 36.8 Å². The lowest BCUT2D eigenvalue weighted by Crippen LogP contribution is -2.42. The Kier molecular flexibility index (Phi) is 6.95. The molecule has 8 heteroatoms. The molecule has 0 atom stereocenters. The Morgan fingerprint density at radius 1 is 1.10 bits per heavy atom. The van der Waals surface area contributed by atoms with Crippen LogP contribution in [0.2, 0.25) is 0 Å². The first-order chi connectivity index (χ1) is 13.8. The topological polar surface area (TPSA) is 82.2 Å². The van der Waals surface area contributed by atoms with Gasteiger partial charge in [-0.3, -0.25) is 0 Å². The van der Waals surface area contributed by atoms with Crippen molar-refractivity contribution >= 4 is 39.4 Å². The van der Waals surface area contributed by atoms with E-state index in [1.807, 2.05) is 51.0 Å². The van der Waals surface area contributed by atoms with Crippen LogP contribution in [-0.4, -0.2) is 42.2 Å². The number of nitrogens with one attached hydrogen (secondary N) is 3. The van der Waals surface area contributed by atoms with Gasteiger partial charge in [-0.25, -0.2) is 9.78 Å². The number of benzene rings is 1. The average Bonchev–Trinajstić information content (AvgIpc) is 2.66. The first kappa shape index (κ1) is 21.4. The van der Waals surface area contributed by atoms with Crippen LogP contribution in [0.3, 0.4) is 0 Å². The summed E-state index contributed by atoms with van der Waals surface area (Å²) in [6.07, 6.45) is 5.56. The standard InChI is InChI=1S/C21H29BrN6O/c1-13-11-15(22)12-14(2)19(13)27-21(29)25-17-7-5-16(6-8-17)24-20-23-10-9-18(26-20)28(3)4/h9-12,16-17H,5-8H2,1-4H3,(H,23,24,26)(H2,25,27,29). The minimum Gasteiger partial charge on any atom is -0.363 e. The summed E-state index contributed by atoms with van der Waals surface area (Å²) >= 11 is 3.49. The molecule has 29 heavy (non-hydrogen) atoms. The predicted octanol–water partition coefficient (Wildman–Crippen LogP) is 4.47. The van der Waals surface area contributed by atoms with E-state index < -0.39 is 0 Å². The Morgan fingerprint density at radius 3 is 2.34 bits per heavy atom. The van der Waals surface area contributed by atoms with Crippen molar-refractivity contribution in [2.75, 3.05) is 29.6 Å². The SMILES string of the molecule is Cc1cc(Br)cc(C)c1NC(=O)NC1CCC(Nc2nccc(N(C)C)n2)CC1. The molecule has 1 aliphatic carbocycles. The van der Waals surface area contributed by atoms with Crippen molar-refractivity contribution in [3.05, 3.63) is 40.0 Å². The molecule has 0 unspecified atom stereocenters. The minimum absolute atomic E-state index is 0.142. The number of rotatable bonds is 5. The van der Waals surface area contributed by atoms with Crippen LogP contribution in [0.5, 0.6) is 0 Å². The summed E-state index contributed by atoms with van der Waals surface area (Å²) in [6.45, 7) is 4.00. The zero-order chi connectivity index (χ0) is 21.0. The summed E-state index contributed by atoms with van der Waals surface area (Å²) in [5.74, 6) is 1.54. The fourth-order valence-corrected chi connectivity index (χ4v) is 4.36. The molecule has 1 heterocycles. The van der Waals surface area contributed by atoms with Crippen LogP contribution < -0.4 is 20.9 Å². The van der Waals surface area contributed by atoms with Gasteiger partial charge in [0.2, 0.25) is 5.95 Å². The Bertz CT molecular complexity index is 841. The second kappa shape index (κ2) is 9.43. The predicted molar refractivity (Wildman–Crippen MR) is 122 cm³/mol. The smallest absolute Gasteiger partial charge is 0.319 e. The molecule has 0 saturated heterocycles. The third-order valence-electron chi connectivity index (χ3n) is 5.23. The number of carbonyl (C=O) groups excluding carboxylic acids is 1. The van der Waals surface area contributed by atoms with Crippen molar-refractivity contribution in [1.29, 1.82) is 0 Å². The van der Waals surface area contributed by atoms with Crippen molar-refractivity contribution < 1.29 is 4.79 Å². The summed E-state index contributed by atoms with van der Waals surface area (Å²) in [7, 11) is 3.93. The summed E-state index contributed by atoms with van der Waals surface area (Å²) in [6, 6.07) is 6.26. The number of hydrogen-bond acceptors (Lipinski definition) is 5. The molecule has 1 saturated carbocycles. The number of aryl methyl sites for hydroxylation is 2. The number of nitrogens with zero attached hydrogens (tertiary/aromatic N) is 3. The number of aromatic nitrogens is 2. The average molecular weight is 461 g/mol. The van der Waals surface area contributed by atoms with Crippen LogP contribution in [0.25, 0.3) is 0 Å². The van der Waals surface area contributed by atoms with Gasteiger partial charge in [-0.1, -0.05) is 15.9 Å². The Hall–Kier alpha value is -2.35. The first-order valence-corrected chi connectivity index (χ1v) is 10.7. The molecule has 0 bridgehead atoms. The third-order valence-corrected chi connectivity index (χ3v) is 5.69. The van der Waals surface area contributed by atoms with E-state index in [9.17, 15) is 4.79 Å². The van der Waals surface area contributed by atoms with Crippen molar-refractivity contribution in [2.45, 2.75) is 51.6 Å². The zero-order valence-corrected chi connectivity index (χ0v) is 19.0. The summed E-state index contributed by atoms with van der Waals surface area (Å²) in [5.41, 5.74) is 2.96. The first-order valence-electron chi connectivity index (χ1n) is 9.93. The van der Waals surface area contributed by atoms with E-state index in [1.54, 1.807) is 6.20 Å². The summed E-state index contributed by atoms with van der Waals surface area (Å²) < 4.78 is 1.02. The fourth-order valence-electron chi connectivity index (χ4n) is 3.68. The second-order valence-electron chi connectivity index (χ2n) is 7.84. The Morgan fingerprint density at radius 2 is 1.72 bits per heavy atom.